The highest BCUT2D eigenvalue weighted by atomic mass is 32.2. The van der Waals surface area contributed by atoms with Crippen LogP contribution in [-0.4, -0.2) is 38.4 Å². The van der Waals surface area contributed by atoms with E-state index < -0.39 is 10.0 Å². The molecule has 19 heavy (non-hydrogen) atoms. The second kappa shape index (κ2) is 6.35. The highest BCUT2D eigenvalue weighted by Crippen LogP contribution is 2.27. The highest BCUT2D eigenvalue weighted by Gasteiger charge is 2.28. The first kappa shape index (κ1) is 15.0. The molecule has 0 bridgehead atoms. The normalized spacial score (nSPS) is 17.4. The van der Waals surface area contributed by atoms with E-state index in [2.05, 4.69) is 19.2 Å². The smallest absolute Gasteiger partial charge is 0.252 e. The van der Waals surface area contributed by atoms with Gasteiger partial charge in [-0.05, 0) is 31.4 Å². The maximum absolute atomic E-state index is 12.4. The number of sulfonamides is 1. The molecule has 1 fully saturated rings. The molecule has 6 heteroatoms. The Morgan fingerprint density at radius 1 is 1.32 bits per heavy atom. The number of hydrogen-bond acceptors (Lipinski definition) is 4. The van der Waals surface area contributed by atoms with Gasteiger partial charge in [0.15, 0.2) is 0 Å². The fourth-order valence-electron chi connectivity index (χ4n) is 2.17. The molecule has 2 heterocycles. The number of nitrogens with zero attached hydrogens (tertiary/aromatic N) is 1. The first-order valence-electron chi connectivity index (χ1n) is 6.82. The molecular weight excluding hydrogens is 280 g/mol. The van der Waals surface area contributed by atoms with Crippen LogP contribution in [-0.2, 0) is 16.4 Å². The summed E-state index contributed by atoms with van der Waals surface area (Å²) in [7, 11) is -3.23. The minimum Gasteiger partial charge on any atom is -0.314 e. The number of rotatable bonds is 6. The van der Waals surface area contributed by atoms with Crippen LogP contribution in [0.3, 0.4) is 0 Å². The fourth-order valence-corrected chi connectivity index (χ4v) is 5.20. The lowest BCUT2D eigenvalue weighted by atomic mass is 10.3. The third-order valence-corrected chi connectivity index (χ3v) is 6.73. The summed E-state index contributed by atoms with van der Waals surface area (Å²) in [5.74, 6) is 0. The van der Waals surface area contributed by atoms with Crippen LogP contribution >= 0.6 is 11.3 Å². The predicted molar refractivity (Wildman–Crippen MR) is 79.2 cm³/mol. The highest BCUT2D eigenvalue weighted by molar-refractivity contribution is 7.91. The van der Waals surface area contributed by atoms with Crippen LogP contribution in [0.1, 0.15) is 31.6 Å². The van der Waals surface area contributed by atoms with Gasteiger partial charge in [0, 0.05) is 30.6 Å². The van der Waals surface area contributed by atoms with E-state index in [0.717, 1.165) is 30.7 Å². The first-order valence-corrected chi connectivity index (χ1v) is 9.08. The zero-order valence-electron chi connectivity index (χ0n) is 11.6. The van der Waals surface area contributed by atoms with Crippen molar-refractivity contribution in [1.82, 2.24) is 9.62 Å². The second-order valence-corrected chi connectivity index (χ2v) is 8.52. The van der Waals surface area contributed by atoms with E-state index in [0.29, 0.717) is 23.3 Å². The summed E-state index contributed by atoms with van der Waals surface area (Å²) in [6, 6.07) is 4.16. The second-order valence-electron chi connectivity index (χ2n) is 5.19. The Balaban J connectivity index is 2.00. The molecule has 1 aliphatic rings. The van der Waals surface area contributed by atoms with Crippen molar-refractivity contribution in [2.45, 2.75) is 43.4 Å². The third-order valence-electron chi connectivity index (χ3n) is 3.22. The summed E-state index contributed by atoms with van der Waals surface area (Å²) in [6.07, 6.45) is 2.85. The monoisotopic (exact) mass is 302 g/mol. The first-order chi connectivity index (χ1) is 9.00. The van der Waals surface area contributed by atoms with E-state index in [4.69, 9.17) is 0 Å². The molecule has 1 aliphatic heterocycles. The largest absolute Gasteiger partial charge is 0.314 e. The summed E-state index contributed by atoms with van der Waals surface area (Å²) in [5.41, 5.74) is 0. The Morgan fingerprint density at radius 3 is 2.63 bits per heavy atom. The minimum atomic E-state index is -3.23. The lowest BCUT2D eigenvalue weighted by Gasteiger charge is -2.13. The lowest BCUT2D eigenvalue weighted by molar-refractivity contribution is 0.479. The summed E-state index contributed by atoms with van der Waals surface area (Å²) in [4.78, 5) is 1.13. The third kappa shape index (κ3) is 3.78. The zero-order valence-corrected chi connectivity index (χ0v) is 13.2. The molecule has 0 aliphatic carbocycles. The Bertz CT molecular complexity index is 502. The maximum atomic E-state index is 12.4. The number of nitrogens with one attached hydrogen (secondary N) is 1. The van der Waals surface area contributed by atoms with E-state index in [-0.39, 0.29) is 0 Å². The van der Waals surface area contributed by atoms with Crippen molar-refractivity contribution >= 4 is 21.4 Å². The van der Waals surface area contributed by atoms with E-state index in [1.165, 1.54) is 11.3 Å². The summed E-state index contributed by atoms with van der Waals surface area (Å²) in [5, 5.41) is 3.34. The van der Waals surface area contributed by atoms with E-state index in [9.17, 15) is 8.42 Å². The molecule has 0 saturated carbocycles. The average molecular weight is 302 g/mol. The van der Waals surface area contributed by atoms with Gasteiger partial charge in [0.2, 0.25) is 0 Å². The van der Waals surface area contributed by atoms with Gasteiger partial charge in [-0.25, -0.2) is 8.42 Å². The summed E-state index contributed by atoms with van der Waals surface area (Å²) < 4.78 is 26.8. The molecule has 2 rings (SSSR count). The molecule has 0 spiro atoms. The van der Waals surface area contributed by atoms with Crippen LogP contribution in [0.2, 0.25) is 0 Å². The van der Waals surface area contributed by atoms with E-state index >= 15 is 0 Å². The molecule has 0 unspecified atom stereocenters. The molecule has 0 aromatic carbocycles. The molecule has 108 valence electrons. The van der Waals surface area contributed by atoms with Gasteiger partial charge >= 0.3 is 0 Å². The molecular formula is C13H22N2O2S2. The topological polar surface area (TPSA) is 49.4 Å². The van der Waals surface area contributed by atoms with Crippen molar-refractivity contribution in [2.75, 3.05) is 19.6 Å². The Morgan fingerprint density at radius 2 is 2.00 bits per heavy atom. The van der Waals surface area contributed by atoms with Crippen molar-refractivity contribution < 1.29 is 8.42 Å². The van der Waals surface area contributed by atoms with E-state index in [1.807, 2.05) is 6.07 Å². The van der Waals surface area contributed by atoms with Crippen molar-refractivity contribution in [1.29, 1.82) is 0 Å². The molecule has 1 aromatic heterocycles. The zero-order chi connectivity index (χ0) is 13.9. The van der Waals surface area contributed by atoms with Gasteiger partial charge in [0.1, 0.15) is 4.21 Å². The standard InChI is InChI=1S/C13H22N2O2S2/c1-11(2)14-8-7-12-5-6-13(18-12)19(16,17)15-9-3-4-10-15/h5-6,11,14H,3-4,7-10H2,1-2H3. The number of thiophene rings is 1. The van der Waals surface area contributed by atoms with Crippen molar-refractivity contribution in [3.05, 3.63) is 17.0 Å². The van der Waals surface area contributed by atoms with Crippen LogP contribution in [0.4, 0.5) is 0 Å². The molecule has 0 atom stereocenters. The quantitative estimate of drug-likeness (QED) is 0.875. The van der Waals surface area contributed by atoms with Gasteiger partial charge in [0.25, 0.3) is 10.0 Å². The maximum Gasteiger partial charge on any atom is 0.252 e. The molecule has 0 radical (unpaired) electrons. The van der Waals surface area contributed by atoms with Crippen molar-refractivity contribution in [2.24, 2.45) is 0 Å². The molecule has 4 nitrogen and oxygen atoms in total. The van der Waals surface area contributed by atoms with Gasteiger partial charge < -0.3 is 5.32 Å². The van der Waals surface area contributed by atoms with Crippen LogP contribution in [0.15, 0.2) is 16.3 Å². The van der Waals surface area contributed by atoms with Crippen LogP contribution < -0.4 is 5.32 Å². The minimum absolute atomic E-state index is 0.466. The molecule has 1 N–H and O–H groups in total. The van der Waals surface area contributed by atoms with Crippen LogP contribution in [0.25, 0.3) is 0 Å². The molecule has 1 aromatic rings. The lowest BCUT2D eigenvalue weighted by Crippen LogP contribution is -2.27. The Kier molecular flexibility index (Phi) is 5.00. The molecule has 1 saturated heterocycles. The Labute approximate surface area is 119 Å². The van der Waals surface area contributed by atoms with Crippen molar-refractivity contribution in [3.8, 4) is 0 Å². The Hall–Kier alpha value is -0.430. The van der Waals surface area contributed by atoms with Crippen LogP contribution in [0.5, 0.6) is 0 Å². The average Bonchev–Trinajstić information content (AvgIpc) is 3.00. The van der Waals surface area contributed by atoms with Gasteiger partial charge in [0.05, 0.1) is 0 Å². The SMILES string of the molecule is CC(C)NCCc1ccc(S(=O)(=O)N2CCCC2)s1. The summed E-state index contributed by atoms with van der Waals surface area (Å²) >= 11 is 1.41. The number of hydrogen-bond donors (Lipinski definition) is 1. The fraction of sp³-hybridized carbons (Fsp3) is 0.692. The van der Waals surface area contributed by atoms with E-state index in [1.54, 1.807) is 10.4 Å². The predicted octanol–water partition coefficient (Wildman–Crippen LogP) is 2.07. The van der Waals surface area contributed by atoms with Gasteiger partial charge in [-0.1, -0.05) is 13.8 Å². The van der Waals surface area contributed by atoms with Gasteiger partial charge in [-0.3, -0.25) is 0 Å². The molecule has 0 amide bonds. The van der Waals surface area contributed by atoms with Crippen LogP contribution in [0, 0.1) is 0 Å². The summed E-state index contributed by atoms with van der Waals surface area (Å²) in [6.45, 7) is 6.45. The van der Waals surface area contributed by atoms with Gasteiger partial charge in [-0.2, -0.15) is 4.31 Å². The van der Waals surface area contributed by atoms with Crippen molar-refractivity contribution in [3.63, 3.8) is 0 Å². The van der Waals surface area contributed by atoms with Gasteiger partial charge in [-0.15, -0.1) is 11.3 Å².